The molecule has 0 aliphatic heterocycles. The average molecular weight is 383 g/mol. The molecule has 0 fully saturated rings. The molecule has 0 amide bonds. The summed E-state index contributed by atoms with van der Waals surface area (Å²) < 4.78 is 7.08. The van der Waals surface area contributed by atoms with E-state index in [4.69, 9.17) is 9.84 Å². The molecule has 0 bridgehead atoms. The van der Waals surface area contributed by atoms with Crippen LogP contribution in [-0.2, 0) is 14.3 Å². The summed E-state index contributed by atoms with van der Waals surface area (Å²) in [7, 11) is 0. The molecule has 0 saturated heterocycles. The first-order chi connectivity index (χ1) is 12.0. The van der Waals surface area contributed by atoms with Gasteiger partial charge in [-0.05, 0) is 32.4 Å². The predicted octanol–water partition coefficient (Wildman–Crippen LogP) is 3.16. The van der Waals surface area contributed by atoms with E-state index >= 15 is 0 Å². The number of ether oxygens (including phenoxy) is 1. The van der Waals surface area contributed by atoms with Crippen LogP contribution in [0, 0.1) is 0 Å². The number of fused-ring (bicyclic) bond motifs is 1. The van der Waals surface area contributed by atoms with Crippen molar-refractivity contribution in [2.24, 2.45) is 0 Å². The fourth-order valence-corrected chi connectivity index (χ4v) is 4.75. The summed E-state index contributed by atoms with van der Waals surface area (Å²) in [4.78, 5) is 28.1. The number of nitrogens with zero attached hydrogens (tertiary/aromatic N) is 1. The number of esters is 1. The van der Waals surface area contributed by atoms with Crippen LogP contribution in [0.5, 0.6) is 0 Å². The molecular formula is C17H22N2O4S2. The normalized spacial score (nSPS) is 14.8. The van der Waals surface area contributed by atoms with E-state index in [1.54, 1.807) is 18.3 Å². The van der Waals surface area contributed by atoms with Gasteiger partial charge in [0.05, 0.1) is 16.8 Å². The van der Waals surface area contributed by atoms with E-state index in [-0.39, 0.29) is 11.9 Å². The predicted molar refractivity (Wildman–Crippen MR) is 100 cm³/mol. The minimum absolute atomic E-state index is 0.179. The molecule has 0 unspecified atom stereocenters. The largest absolute Gasteiger partial charge is 0.480 e. The Balaban J connectivity index is 2.21. The maximum absolute atomic E-state index is 12.4. The fourth-order valence-electron chi connectivity index (χ4n) is 2.32. The van der Waals surface area contributed by atoms with E-state index in [0.29, 0.717) is 6.42 Å². The summed E-state index contributed by atoms with van der Waals surface area (Å²) in [6.07, 6.45) is 0.670. The minimum Gasteiger partial charge on any atom is -0.480 e. The van der Waals surface area contributed by atoms with E-state index < -0.39 is 24.0 Å². The standard InChI is InChI=1S/C17H22N2O4S2/c1-4-12(14(16(22)23-5-2)18-10(3)15(20)21)24-17-19-11-8-6-7-9-13(11)25-17/h6-10,12,14,18H,4-5H2,1-3H3,(H,20,21)/t10-,12-,14+/m0/s1. The zero-order chi connectivity index (χ0) is 18.4. The van der Waals surface area contributed by atoms with Gasteiger partial charge in [-0.25, -0.2) is 4.98 Å². The number of thioether (sulfide) groups is 1. The topological polar surface area (TPSA) is 88.5 Å². The highest BCUT2D eigenvalue weighted by Crippen LogP contribution is 2.34. The number of carbonyl (C=O) groups excluding carboxylic acids is 1. The molecule has 0 aliphatic rings. The van der Waals surface area contributed by atoms with Gasteiger partial charge >= 0.3 is 11.9 Å². The summed E-state index contributed by atoms with van der Waals surface area (Å²) in [5.74, 6) is -1.44. The molecule has 0 radical (unpaired) electrons. The highest BCUT2D eigenvalue weighted by molar-refractivity contribution is 8.01. The molecule has 136 valence electrons. The van der Waals surface area contributed by atoms with Crippen LogP contribution in [0.25, 0.3) is 10.2 Å². The maximum Gasteiger partial charge on any atom is 0.324 e. The van der Waals surface area contributed by atoms with Gasteiger partial charge < -0.3 is 9.84 Å². The van der Waals surface area contributed by atoms with E-state index in [0.717, 1.165) is 14.6 Å². The molecule has 6 nitrogen and oxygen atoms in total. The quantitative estimate of drug-likeness (QED) is 0.509. The van der Waals surface area contributed by atoms with Crippen LogP contribution in [0.3, 0.4) is 0 Å². The number of para-hydroxylation sites is 1. The Morgan fingerprint density at radius 3 is 2.68 bits per heavy atom. The molecule has 0 aliphatic carbocycles. The lowest BCUT2D eigenvalue weighted by atomic mass is 10.1. The monoisotopic (exact) mass is 382 g/mol. The van der Waals surface area contributed by atoms with Gasteiger partial charge in [0.1, 0.15) is 12.1 Å². The maximum atomic E-state index is 12.4. The van der Waals surface area contributed by atoms with Crippen LogP contribution in [0.15, 0.2) is 28.6 Å². The molecule has 25 heavy (non-hydrogen) atoms. The highest BCUT2D eigenvalue weighted by Gasteiger charge is 2.32. The molecule has 1 aromatic heterocycles. The molecule has 2 N–H and O–H groups in total. The number of hydrogen-bond acceptors (Lipinski definition) is 7. The van der Waals surface area contributed by atoms with Crippen LogP contribution < -0.4 is 5.32 Å². The number of aromatic nitrogens is 1. The number of carbonyl (C=O) groups is 2. The van der Waals surface area contributed by atoms with Gasteiger partial charge in [0.15, 0.2) is 4.34 Å². The first-order valence-electron chi connectivity index (χ1n) is 8.14. The first kappa shape index (κ1) is 19.7. The molecular weight excluding hydrogens is 360 g/mol. The number of thiazole rings is 1. The van der Waals surface area contributed by atoms with Gasteiger partial charge in [-0.3, -0.25) is 14.9 Å². The average Bonchev–Trinajstić information content (AvgIpc) is 3.00. The first-order valence-corrected chi connectivity index (χ1v) is 9.83. The Labute approximate surface area is 155 Å². The van der Waals surface area contributed by atoms with Crippen LogP contribution >= 0.6 is 23.1 Å². The number of carboxylic acids is 1. The Morgan fingerprint density at radius 2 is 2.08 bits per heavy atom. The Bertz CT molecular complexity index is 701. The molecule has 0 spiro atoms. The summed E-state index contributed by atoms with van der Waals surface area (Å²) in [6, 6.07) is 6.29. The highest BCUT2D eigenvalue weighted by atomic mass is 32.2. The third kappa shape index (κ3) is 5.17. The van der Waals surface area contributed by atoms with Gasteiger partial charge in [-0.2, -0.15) is 0 Å². The smallest absolute Gasteiger partial charge is 0.324 e. The second kappa shape index (κ2) is 9.17. The van der Waals surface area contributed by atoms with Gasteiger partial charge in [0.25, 0.3) is 0 Å². The molecule has 2 aromatic rings. The minimum atomic E-state index is -1.01. The summed E-state index contributed by atoms with van der Waals surface area (Å²) in [6.45, 7) is 5.46. The molecule has 1 aromatic carbocycles. The summed E-state index contributed by atoms with van der Waals surface area (Å²) in [5.41, 5.74) is 0.921. The lowest BCUT2D eigenvalue weighted by Gasteiger charge is -2.26. The second-order valence-electron chi connectivity index (χ2n) is 5.47. The van der Waals surface area contributed by atoms with Gasteiger partial charge in [-0.1, -0.05) is 30.8 Å². The van der Waals surface area contributed by atoms with Crippen LogP contribution in [0.1, 0.15) is 27.2 Å². The van der Waals surface area contributed by atoms with Crippen LogP contribution in [0.4, 0.5) is 0 Å². The van der Waals surface area contributed by atoms with Gasteiger partial charge in [0, 0.05) is 5.25 Å². The Morgan fingerprint density at radius 1 is 1.36 bits per heavy atom. The van der Waals surface area contributed by atoms with Gasteiger partial charge in [0.2, 0.25) is 0 Å². The lowest BCUT2D eigenvalue weighted by molar-refractivity contribution is -0.146. The molecule has 8 heteroatoms. The van der Waals surface area contributed by atoms with Crippen molar-refractivity contribution in [2.45, 2.75) is 48.9 Å². The van der Waals surface area contributed by atoms with Crippen molar-refractivity contribution in [1.82, 2.24) is 10.3 Å². The number of carboxylic acid groups (broad SMARTS) is 1. The van der Waals surface area contributed by atoms with Crippen molar-refractivity contribution < 1.29 is 19.4 Å². The summed E-state index contributed by atoms with van der Waals surface area (Å²) in [5, 5.41) is 11.9. The van der Waals surface area contributed by atoms with Crippen molar-refractivity contribution in [3.8, 4) is 0 Å². The van der Waals surface area contributed by atoms with E-state index in [1.807, 2.05) is 31.2 Å². The van der Waals surface area contributed by atoms with Gasteiger partial charge in [-0.15, -0.1) is 11.3 Å². The van der Waals surface area contributed by atoms with Crippen LogP contribution in [-0.4, -0.2) is 46.0 Å². The number of rotatable bonds is 9. The van der Waals surface area contributed by atoms with Crippen molar-refractivity contribution in [1.29, 1.82) is 0 Å². The number of aliphatic carboxylic acids is 1. The lowest BCUT2D eigenvalue weighted by Crippen LogP contribution is -2.51. The van der Waals surface area contributed by atoms with E-state index in [2.05, 4.69) is 10.3 Å². The second-order valence-corrected chi connectivity index (χ2v) is 7.99. The number of hydrogen-bond donors (Lipinski definition) is 2. The van der Waals surface area contributed by atoms with E-state index in [1.165, 1.54) is 18.7 Å². The molecule has 1 heterocycles. The third-order valence-corrected chi connectivity index (χ3v) is 6.21. The zero-order valence-electron chi connectivity index (χ0n) is 14.4. The zero-order valence-corrected chi connectivity index (χ0v) is 16.0. The van der Waals surface area contributed by atoms with Crippen molar-refractivity contribution in [2.75, 3.05) is 6.61 Å². The SMILES string of the molecule is CCOC(=O)[C@H](N[C@@H](C)C(=O)O)[C@H](CC)Sc1nc2ccccc2s1. The third-order valence-electron chi connectivity index (χ3n) is 3.64. The van der Waals surface area contributed by atoms with E-state index in [9.17, 15) is 9.59 Å². The summed E-state index contributed by atoms with van der Waals surface area (Å²) >= 11 is 3.05. The molecule has 2 rings (SSSR count). The van der Waals surface area contributed by atoms with Crippen LogP contribution in [0.2, 0.25) is 0 Å². The Kier molecular flexibility index (Phi) is 7.22. The molecule has 3 atom stereocenters. The number of nitrogens with one attached hydrogen (secondary N) is 1. The Hall–Kier alpha value is -1.64. The molecule has 0 saturated carbocycles. The van der Waals surface area contributed by atoms with Crippen molar-refractivity contribution in [3.05, 3.63) is 24.3 Å². The number of benzene rings is 1. The van der Waals surface area contributed by atoms with Crippen molar-refractivity contribution in [3.63, 3.8) is 0 Å². The fraction of sp³-hybridized carbons (Fsp3) is 0.471. The van der Waals surface area contributed by atoms with Crippen molar-refractivity contribution >= 4 is 45.3 Å².